The molecule has 1 aromatic carbocycles. The van der Waals surface area contributed by atoms with Crippen LogP contribution in [0, 0.1) is 0 Å². The van der Waals surface area contributed by atoms with Crippen LogP contribution < -0.4 is 5.32 Å². The predicted molar refractivity (Wildman–Crippen MR) is 86.6 cm³/mol. The van der Waals surface area contributed by atoms with Crippen LogP contribution in [0.2, 0.25) is 0 Å². The number of nitrogens with zero attached hydrogens (tertiary/aromatic N) is 1. The summed E-state index contributed by atoms with van der Waals surface area (Å²) in [7, 11) is 1.99. The lowest BCUT2D eigenvalue weighted by Crippen LogP contribution is -2.49. The van der Waals surface area contributed by atoms with E-state index in [1.54, 1.807) is 0 Å². The number of likely N-dealkylation sites (N-methyl/N-ethyl adjacent to an activating group) is 1. The summed E-state index contributed by atoms with van der Waals surface area (Å²) in [6.07, 6.45) is -1.33. The van der Waals surface area contributed by atoms with E-state index in [2.05, 4.69) is 36.2 Å². The maximum atomic E-state index is 10.5. The van der Waals surface area contributed by atoms with Crippen molar-refractivity contribution >= 4 is 0 Å². The minimum atomic E-state index is -0.683. The Morgan fingerprint density at radius 3 is 2.50 bits per heavy atom. The summed E-state index contributed by atoms with van der Waals surface area (Å²) in [5, 5.41) is 23.2. The molecule has 0 spiro atoms. The van der Waals surface area contributed by atoms with E-state index in [4.69, 9.17) is 4.74 Å². The number of hydrogen-bond donors (Lipinski definition) is 3. The molecule has 0 aromatic heterocycles. The van der Waals surface area contributed by atoms with Crippen molar-refractivity contribution in [1.82, 2.24) is 10.2 Å². The van der Waals surface area contributed by atoms with Crippen LogP contribution in [0.1, 0.15) is 19.4 Å². The first kappa shape index (κ1) is 17.4. The summed E-state index contributed by atoms with van der Waals surface area (Å²) < 4.78 is 5.84. The molecular weight excluding hydrogens is 280 g/mol. The second-order valence-corrected chi connectivity index (χ2v) is 6.34. The van der Waals surface area contributed by atoms with Crippen molar-refractivity contribution in [2.24, 2.45) is 0 Å². The van der Waals surface area contributed by atoms with Gasteiger partial charge in [0.15, 0.2) is 0 Å². The summed E-state index contributed by atoms with van der Waals surface area (Å²) in [4.78, 5) is 2.11. The van der Waals surface area contributed by atoms with Crippen LogP contribution in [-0.4, -0.2) is 65.7 Å². The van der Waals surface area contributed by atoms with Gasteiger partial charge in [-0.1, -0.05) is 44.2 Å². The van der Waals surface area contributed by atoms with E-state index in [0.717, 1.165) is 6.54 Å². The number of nitrogens with one attached hydrogen (secondary N) is 1. The van der Waals surface area contributed by atoms with Gasteiger partial charge in [0.25, 0.3) is 0 Å². The van der Waals surface area contributed by atoms with Crippen LogP contribution >= 0.6 is 0 Å². The fraction of sp³-hybridized carbons (Fsp3) is 0.647. The molecule has 22 heavy (non-hydrogen) atoms. The van der Waals surface area contributed by atoms with Crippen molar-refractivity contribution in [3.63, 3.8) is 0 Å². The Hall–Kier alpha value is -0.980. The minimum absolute atomic E-state index is 0.136. The minimum Gasteiger partial charge on any atom is -0.394 e. The van der Waals surface area contributed by atoms with Gasteiger partial charge in [0.1, 0.15) is 12.2 Å². The monoisotopic (exact) mass is 308 g/mol. The molecule has 1 aromatic rings. The first-order chi connectivity index (χ1) is 10.5. The summed E-state index contributed by atoms with van der Waals surface area (Å²) in [6.45, 7) is 5.40. The maximum Gasteiger partial charge on any atom is 0.109 e. The van der Waals surface area contributed by atoms with Gasteiger partial charge in [-0.25, -0.2) is 0 Å². The maximum absolute atomic E-state index is 10.5. The fourth-order valence-corrected chi connectivity index (χ4v) is 3.02. The summed E-state index contributed by atoms with van der Waals surface area (Å²) in [5.74, 6) is 0. The Bertz CT molecular complexity index is 441. The number of aliphatic hydroxyl groups is 2. The highest BCUT2D eigenvalue weighted by Crippen LogP contribution is 2.26. The first-order valence-electron chi connectivity index (χ1n) is 7.95. The molecule has 0 saturated carbocycles. The van der Waals surface area contributed by atoms with Gasteiger partial charge in [0, 0.05) is 19.1 Å². The third-order valence-electron chi connectivity index (χ3n) is 4.15. The van der Waals surface area contributed by atoms with E-state index >= 15 is 0 Å². The van der Waals surface area contributed by atoms with Gasteiger partial charge in [-0.05, 0) is 12.6 Å². The zero-order valence-corrected chi connectivity index (χ0v) is 13.6. The van der Waals surface area contributed by atoms with Crippen molar-refractivity contribution in [2.45, 2.75) is 50.8 Å². The van der Waals surface area contributed by atoms with Gasteiger partial charge in [-0.3, -0.25) is 4.90 Å². The summed E-state index contributed by atoms with van der Waals surface area (Å²) in [5.41, 5.74) is 1.19. The molecule has 1 saturated heterocycles. The van der Waals surface area contributed by atoms with Crippen molar-refractivity contribution in [1.29, 1.82) is 0 Å². The van der Waals surface area contributed by atoms with Gasteiger partial charge in [-0.2, -0.15) is 0 Å². The van der Waals surface area contributed by atoms with Gasteiger partial charge >= 0.3 is 0 Å². The van der Waals surface area contributed by atoms with E-state index in [-0.39, 0.29) is 18.8 Å². The SMILES string of the molecule is CC(C)NC[C@H]1O[C@@H](CO)[C@@H](O)[C@@H]1N(C)Cc1ccccc1. The molecule has 3 N–H and O–H groups in total. The number of benzene rings is 1. The Kier molecular flexibility index (Phi) is 6.35. The molecule has 5 heteroatoms. The standard InChI is InChI=1S/C17H28N2O3/c1-12(2)18-9-14-16(17(21)15(11-20)22-14)19(3)10-13-7-5-4-6-8-13/h4-8,12,14-18,20-21H,9-11H2,1-3H3/t14-,15+,16-,17-/m1/s1. The van der Waals surface area contributed by atoms with Crippen LogP contribution in [0.25, 0.3) is 0 Å². The molecule has 1 heterocycles. The van der Waals surface area contributed by atoms with Crippen LogP contribution in [0.3, 0.4) is 0 Å². The Balaban J connectivity index is 2.05. The molecular formula is C17H28N2O3. The van der Waals surface area contributed by atoms with E-state index in [9.17, 15) is 10.2 Å². The number of hydrogen-bond acceptors (Lipinski definition) is 5. The first-order valence-corrected chi connectivity index (χ1v) is 7.95. The van der Waals surface area contributed by atoms with Gasteiger partial charge < -0.3 is 20.3 Å². The molecule has 1 fully saturated rings. The third-order valence-corrected chi connectivity index (χ3v) is 4.15. The molecule has 1 aliphatic heterocycles. The number of ether oxygens (including phenoxy) is 1. The van der Waals surface area contributed by atoms with Crippen molar-refractivity contribution in [3.8, 4) is 0 Å². The van der Waals surface area contributed by atoms with Crippen LogP contribution in [0.15, 0.2) is 30.3 Å². The zero-order valence-electron chi connectivity index (χ0n) is 13.6. The Morgan fingerprint density at radius 2 is 1.91 bits per heavy atom. The van der Waals surface area contributed by atoms with Crippen molar-refractivity contribution < 1.29 is 14.9 Å². The largest absolute Gasteiger partial charge is 0.394 e. The Labute approximate surface area is 132 Å². The molecule has 0 bridgehead atoms. The molecule has 4 atom stereocenters. The Morgan fingerprint density at radius 1 is 1.23 bits per heavy atom. The highest BCUT2D eigenvalue weighted by molar-refractivity contribution is 5.15. The molecule has 5 nitrogen and oxygen atoms in total. The van der Waals surface area contributed by atoms with Gasteiger partial charge in [-0.15, -0.1) is 0 Å². The summed E-state index contributed by atoms with van der Waals surface area (Å²) in [6, 6.07) is 10.4. The topological polar surface area (TPSA) is 65.0 Å². The quantitative estimate of drug-likeness (QED) is 0.689. The molecule has 2 rings (SSSR count). The lowest BCUT2D eigenvalue weighted by Gasteiger charge is -2.31. The van der Waals surface area contributed by atoms with Crippen LogP contribution in [0.5, 0.6) is 0 Å². The lowest BCUT2D eigenvalue weighted by atomic mass is 10.0. The molecule has 124 valence electrons. The molecule has 0 amide bonds. The second kappa shape index (κ2) is 8.04. The van der Waals surface area contributed by atoms with E-state index in [1.807, 2.05) is 25.2 Å². The van der Waals surface area contributed by atoms with Crippen molar-refractivity contribution in [3.05, 3.63) is 35.9 Å². The zero-order chi connectivity index (χ0) is 16.1. The van der Waals surface area contributed by atoms with E-state index < -0.39 is 12.2 Å². The van der Waals surface area contributed by atoms with Crippen LogP contribution in [-0.2, 0) is 11.3 Å². The predicted octanol–water partition coefficient (Wildman–Crippen LogP) is 0.606. The average molecular weight is 308 g/mol. The molecule has 1 aliphatic rings. The van der Waals surface area contributed by atoms with Crippen LogP contribution in [0.4, 0.5) is 0 Å². The highest BCUT2D eigenvalue weighted by Gasteiger charge is 2.45. The summed E-state index contributed by atoms with van der Waals surface area (Å²) >= 11 is 0. The molecule has 0 aliphatic carbocycles. The van der Waals surface area contributed by atoms with E-state index in [0.29, 0.717) is 12.6 Å². The fourth-order valence-electron chi connectivity index (χ4n) is 3.02. The third kappa shape index (κ3) is 4.27. The smallest absolute Gasteiger partial charge is 0.109 e. The highest BCUT2D eigenvalue weighted by atomic mass is 16.5. The normalized spacial score (nSPS) is 28.7. The van der Waals surface area contributed by atoms with Crippen molar-refractivity contribution in [2.75, 3.05) is 20.2 Å². The van der Waals surface area contributed by atoms with E-state index in [1.165, 1.54) is 5.56 Å². The van der Waals surface area contributed by atoms with Gasteiger partial charge in [0.05, 0.1) is 18.8 Å². The molecule has 0 unspecified atom stereocenters. The molecule has 0 radical (unpaired) electrons. The van der Waals surface area contributed by atoms with Gasteiger partial charge in [0.2, 0.25) is 0 Å². The number of rotatable bonds is 7. The lowest BCUT2D eigenvalue weighted by molar-refractivity contribution is -0.0216. The number of aliphatic hydroxyl groups excluding tert-OH is 2. The second-order valence-electron chi connectivity index (χ2n) is 6.34. The average Bonchev–Trinajstić information content (AvgIpc) is 2.82.